The molecule has 1 aromatic rings. The summed E-state index contributed by atoms with van der Waals surface area (Å²) in [5.41, 5.74) is 8.04. The standard InChI is InChI=1S/C14H21NO/c1-11-4-6-12(7-5-11)13(16)14(10-15)8-2-3-9-14/h4-7,13,16H,2-3,8-10,15H2,1H3. The van der Waals surface area contributed by atoms with Crippen molar-refractivity contribution in [3.05, 3.63) is 35.4 Å². The van der Waals surface area contributed by atoms with Crippen LogP contribution in [-0.2, 0) is 0 Å². The zero-order valence-electron chi connectivity index (χ0n) is 9.95. The molecule has 1 unspecified atom stereocenters. The van der Waals surface area contributed by atoms with Gasteiger partial charge in [-0.2, -0.15) is 0 Å². The van der Waals surface area contributed by atoms with Crippen LogP contribution in [0.25, 0.3) is 0 Å². The molecule has 0 saturated heterocycles. The molecule has 1 atom stereocenters. The number of aliphatic hydroxyl groups excluding tert-OH is 1. The average molecular weight is 219 g/mol. The van der Waals surface area contributed by atoms with Crippen LogP contribution in [0.2, 0.25) is 0 Å². The lowest BCUT2D eigenvalue weighted by Gasteiger charge is -2.33. The Morgan fingerprint density at radius 2 is 1.81 bits per heavy atom. The Labute approximate surface area is 97.5 Å². The van der Waals surface area contributed by atoms with E-state index in [1.54, 1.807) is 0 Å². The van der Waals surface area contributed by atoms with Gasteiger partial charge in [-0.05, 0) is 25.3 Å². The second kappa shape index (κ2) is 4.56. The molecule has 88 valence electrons. The van der Waals surface area contributed by atoms with Gasteiger partial charge in [0.2, 0.25) is 0 Å². The number of nitrogens with two attached hydrogens (primary N) is 1. The maximum absolute atomic E-state index is 10.5. The van der Waals surface area contributed by atoms with Gasteiger partial charge in [-0.1, -0.05) is 42.7 Å². The third-order valence-electron chi connectivity index (χ3n) is 3.98. The first-order valence-electron chi connectivity index (χ1n) is 6.13. The van der Waals surface area contributed by atoms with E-state index in [0.29, 0.717) is 6.54 Å². The molecule has 1 saturated carbocycles. The van der Waals surface area contributed by atoms with E-state index < -0.39 is 6.10 Å². The van der Waals surface area contributed by atoms with E-state index >= 15 is 0 Å². The Bertz CT molecular complexity index is 338. The topological polar surface area (TPSA) is 46.2 Å². The number of aliphatic hydroxyl groups is 1. The summed E-state index contributed by atoms with van der Waals surface area (Å²) < 4.78 is 0. The summed E-state index contributed by atoms with van der Waals surface area (Å²) in [6.07, 6.45) is 4.10. The summed E-state index contributed by atoms with van der Waals surface area (Å²) >= 11 is 0. The normalized spacial score (nSPS) is 20.9. The lowest BCUT2D eigenvalue weighted by atomic mass is 9.77. The Morgan fingerprint density at radius 1 is 1.25 bits per heavy atom. The first-order chi connectivity index (χ1) is 7.68. The molecule has 1 fully saturated rings. The molecule has 2 rings (SSSR count). The maximum atomic E-state index is 10.5. The Hall–Kier alpha value is -0.860. The molecule has 2 heteroatoms. The zero-order chi connectivity index (χ0) is 11.6. The fourth-order valence-corrected chi connectivity index (χ4v) is 2.77. The number of benzene rings is 1. The van der Waals surface area contributed by atoms with Crippen LogP contribution in [-0.4, -0.2) is 11.7 Å². The molecule has 16 heavy (non-hydrogen) atoms. The minimum atomic E-state index is -0.402. The van der Waals surface area contributed by atoms with Crippen molar-refractivity contribution in [3.8, 4) is 0 Å². The summed E-state index contributed by atoms with van der Waals surface area (Å²) in [4.78, 5) is 0. The van der Waals surface area contributed by atoms with Gasteiger partial charge in [0.05, 0.1) is 6.10 Å². The molecule has 1 aliphatic carbocycles. The molecule has 0 spiro atoms. The van der Waals surface area contributed by atoms with Gasteiger partial charge < -0.3 is 10.8 Å². The van der Waals surface area contributed by atoms with E-state index in [-0.39, 0.29) is 5.41 Å². The number of hydrogen-bond acceptors (Lipinski definition) is 2. The molecule has 1 aromatic carbocycles. The molecule has 0 aromatic heterocycles. The molecule has 1 aliphatic rings. The summed E-state index contributed by atoms with van der Waals surface area (Å²) in [5, 5.41) is 10.5. The highest BCUT2D eigenvalue weighted by molar-refractivity contribution is 5.25. The largest absolute Gasteiger partial charge is 0.388 e. The Morgan fingerprint density at radius 3 is 2.31 bits per heavy atom. The molecule has 0 radical (unpaired) electrons. The van der Waals surface area contributed by atoms with Gasteiger partial charge in [0, 0.05) is 12.0 Å². The number of rotatable bonds is 3. The quantitative estimate of drug-likeness (QED) is 0.820. The van der Waals surface area contributed by atoms with Crippen molar-refractivity contribution in [2.24, 2.45) is 11.1 Å². The van der Waals surface area contributed by atoms with E-state index in [1.165, 1.54) is 18.4 Å². The van der Waals surface area contributed by atoms with Gasteiger partial charge in [-0.25, -0.2) is 0 Å². The van der Waals surface area contributed by atoms with Crippen LogP contribution < -0.4 is 5.73 Å². The van der Waals surface area contributed by atoms with Crippen molar-refractivity contribution in [3.63, 3.8) is 0 Å². The second-order valence-corrected chi connectivity index (χ2v) is 5.09. The molecule has 0 heterocycles. The van der Waals surface area contributed by atoms with Crippen LogP contribution in [0.4, 0.5) is 0 Å². The lowest BCUT2D eigenvalue weighted by molar-refractivity contribution is 0.0333. The third-order valence-corrected chi connectivity index (χ3v) is 3.98. The van der Waals surface area contributed by atoms with E-state index in [9.17, 15) is 5.11 Å². The average Bonchev–Trinajstić information content (AvgIpc) is 2.79. The molecule has 0 amide bonds. The van der Waals surface area contributed by atoms with E-state index in [2.05, 4.69) is 19.1 Å². The Balaban J connectivity index is 2.23. The van der Waals surface area contributed by atoms with Gasteiger partial charge in [-0.15, -0.1) is 0 Å². The first-order valence-corrected chi connectivity index (χ1v) is 6.13. The highest BCUT2D eigenvalue weighted by Crippen LogP contribution is 2.46. The van der Waals surface area contributed by atoms with Crippen molar-refractivity contribution in [1.29, 1.82) is 0 Å². The van der Waals surface area contributed by atoms with Crippen LogP contribution in [0, 0.1) is 12.3 Å². The Kier molecular flexibility index (Phi) is 3.31. The molecule has 0 aliphatic heterocycles. The smallest absolute Gasteiger partial charge is 0.0858 e. The van der Waals surface area contributed by atoms with Gasteiger partial charge in [0.25, 0.3) is 0 Å². The second-order valence-electron chi connectivity index (χ2n) is 5.09. The highest BCUT2D eigenvalue weighted by atomic mass is 16.3. The van der Waals surface area contributed by atoms with Crippen molar-refractivity contribution in [2.75, 3.05) is 6.54 Å². The minimum Gasteiger partial charge on any atom is -0.388 e. The molecular weight excluding hydrogens is 198 g/mol. The zero-order valence-corrected chi connectivity index (χ0v) is 9.95. The SMILES string of the molecule is Cc1ccc(C(O)C2(CN)CCCC2)cc1. The van der Waals surface area contributed by atoms with Gasteiger partial charge in [0.1, 0.15) is 0 Å². The predicted molar refractivity (Wildman–Crippen MR) is 66.1 cm³/mol. The van der Waals surface area contributed by atoms with Gasteiger partial charge >= 0.3 is 0 Å². The van der Waals surface area contributed by atoms with Crippen molar-refractivity contribution in [2.45, 2.75) is 38.7 Å². The van der Waals surface area contributed by atoms with Crippen LogP contribution in [0.5, 0.6) is 0 Å². The van der Waals surface area contributed by atoms with Crippen molar-refractivity contribution >= 4 is 0 Å². The predicted octanol–water partition coefficient (Wildman–Crippen LogP) is 2.55. The highest BCUT2D eigenvalue weighted by Gasteiger charge is 2.39. The van der Waals surface area contributed by atoms with E-state index in [1.807, 2.05) is 12.1 Å². The third kappa shape index (κ3) is 2.00. The lowest BCUT2D eigenvalue weighted by Crippen LogP contribution is -2.34. The van der Waals surface area contributed by atoms with Gasteiger partial charge in [-0.3, -0.25) is 0 Å². The van der Waals surface area contributed by atoms with Crippen LogP contribution in [0.1, 0.15) is 42.9 Å². The summed E-state index contributed by atoms with van der Waals surface area (Å²) in [5.74, 6) is 0. The van der Waals surface area contributed by atoms with Crippen LogP contribution in [0.15, 0.2) is 24.3 Å². The molecule has 3 N–H and O–H groups in total. The first kappa shape index (κ1) is 11.6. The minimum absolute atomic E-state index is 0.0741. The number of aryl methyl sites for hydroxylation is 1. The van der Waals surface area contributed by atoms with E-state index in [0.717, 1.165) is 18.4 Å². The summed E-state index contributed by atoms with van der Waals surface area (Å²) in [6.45, 7) is 2.65. The van der Waals surface area contributed by atoms with Crippen LogP contribution >= 0.6 is 0 Å². The summed E-state index contributed by atoms with van der Waals surface area (Å²) in [7, 11) is 0. The van der Waals surface area contributed by atoms with Crippen molar-refractivity contribution in [1.82, 2.24) is 0 Å². The molecule has 0 bridgehead atoms. The molecular formula is C14H21NO. The maximum Gasteiger partial charge on any atom is 0.0858 e. The molecule has 2 nitrogen and oxygen atoms in total. The monoisotopic (exact) mass is 219 g/mol. The fraction of sp³-hybridized carbons (Fsp3) is 0.571. The number of hydrogen-bond donors (Lipinski definition) is 2. The van der Waals surface area contributed by atoms with E-state index in [4.69, 9.17) is 5.73 Å². The van der Waals surface area contributed by atoms with Crippen LogP contribution in [0.3, 0.4) is 0 Å². The fourth-order valence-electron chi connectivity index (χ4n) is 2.77. The van der Waals surface area contributed by atoms with Crippen molar-refractivity contribution < 1.29 is 5.11 Å². The summed E-state index contributed by atoms with van der Waals surface area (Å²) in [6, 6.07) is 8.15. The van der Waals surface area contributed by atoms with Gasteiger partial charge in [0.15, 0.2) is 0 Å².